The number of hydrogen-bond acceptors (Lipinski definition) is 4. The molecule has 0 atom stereocenters. The van der Waals surface area contributed by atoms with Crippen LogP contribution in [0.4, 0.5) is 11.4 Å². The van der Waals surface area contributed by atoms with Crippen molar-refractivity contribution >= 4 is 17.3 Å². The van der Waals surface area contributed by atoms with Crippen molar-refractivity contribution in [2.45, 2.75) is 58.9 Å². The molecule has 2 aromatic carbocycles. The van der Waals surface area contributed by atoms with E-state index in [0.29, 0.717) is 18.2 Å². The van der Waals surface area contributed by atoms with Gasteiger partial charge < -0.3 is 15.0 Å². The zero-order valence-corrected chi connectivity index (χ0v) is 18.4. The molecule has 0 aromatic heterocycles. The van der Waals surface area contributed by atoms with Gasteiger partial charge in [-0.1, -0.05) is 26.0 Å². The van der Waals surface area contributed by atoms with Crippen LogP contribution in [0.1, 0.15) is 62.5 Å². The van der Waals surface area contributed by atoms with Crippen LogP contribution >= 0.6 is 0 Å². The first kappa shape index (κ1) is 21.2. The minimum absolute atomic E-state index is 0.215. The SMILES string of the molecule is CCOC(=O)c1ccc(NCCc2ccc3c(c2)C(C)(C)CCN3C(C)C)cc1. The summed E-state index contributed by atoms with van der Waals surface area (Å²) in [6.07, 6.45) is 2.15. The molecule has 1 heterocycles. The second-order valence-electron chi connectivity index (χ2n) is 8.75. The van der Waals surface area contributed by atoms with Crippen molar-refractivity contribution in [1.29, 1.82) is 0 Å². The third-order valence-corrected chi connectivity index (χ3v) is 5.84. The smallest absolute Gasteiger partial charge is 0.338 e. The van der Waals surface area contributed by atoms with Crippen molar-refractivity contribution in [3.63, 3.8) is 0 Å². The molecule has 1 aliphatic heterocycles. The van der Waals surface area contributed by atoms with Crippen LogP contribution in [0.5, 0.6) is 0 Å². The number of fused-ring (bicyclic) bond motifs is 1. The van der Waals surface area contributed by atoms with E-state index in [2.05, 4.69) is 56.1 Å². The van der Waals surface area contributed by atoms with Gasteiger partial charge in [0.25, 0.3) is 0 Å². The van der Waals surface area contributed by atoms with E-state index in [1.165, 1.54) is 23.2 Å². The number of anilines is 2. The van der Waals surface area contributed by atoms with Crippen molar-refractivity contribution in [3.8, 4) is 0 Å². The van der Waals surface area contributed by atoms with Crippen molar-refractivity contribution in [2.24, 2.45) is 0 Å². The predicted octanol–water partition coefficient (Wildman–Crippen LogP) is 5.41. The number of esters is 1. The molecule has 3 rings (SSSR count). The molecule has 2 aromatic rings. The van der Waals surface area contributed by atoms with Crippen LogP contribution in [-0.4, -0.2) is 31.7 Å². The van der Waals surface area contributed by atoms with E-state index in [4.69, 9.17) is 4.74 Å². The van der Waals surface area contributed by atoms with Gasteiger partial charge in [-0.25, -0.2) is 4.79 Å². The van der Waals surface area contributed by atoms with Crippen molar-refractivity contribution < 1.29 is 9.53 Å². The largest absolute Gasteiger partial charge is 0.462 e. The summed E-state index contributed by atoms with van der Waals surface area (Å²) in [6.45, 7) is 13.4. The van der Waals surface area contributed by atoms with Gasteiger partial charge in [-0.05, 0) is 80.5 Å². The van der Waals surface area contributed by atoms with E-state index in [-0.39, 0.29) is 11.4 Å². The number of benzene rings is 2. The number of carbonyl (C=O) groups is 1. The number of nitrogens with zero attached hydrogens (tertiary/aromatic N) is 1. The molecule has 156 valence electrons. The summed E-state index contributed by atoms with van der Waals surface area (Å²) in [4.78, 5) is 14.3. The van der Waals surface area contributed by atoms with Crippen LogP contribution in [0, 0.1) is 0 Å². The molecule has 0 aliphatic carbocycles. The lowest BCUT2D eigenvalue weighted by Gasteiger charge is -2.42. The summed E-state index contributed by atoms with van der Waals surface area (Å²) in [6, 6.07) is 15.0. The fourth-order valence-electron chi connectivity index (χ4n) is 4.01. The van der Waals surface area contributed by atoms with Gasteiger partial charge >= 0.3 is 5.97 Å². The maximum atomic E-state index is 11.7. The first-order valence-electron chi connectivity index (χ1n) is 10.7. The number of ether oxygens (including phenoxy) is 1. The highest BCUT2D eigenvalue weighted by atomic mass is 16.5. The summed E-state index contributed by atoms with van der Waals surface area (Å²) in [5, 5.41) is 3.46. The fraction of sp³-hybridized carbons (Fsp3) is 0.480. The Bertz CT molecular complexity index is 840. The molecule has 0 saturated heterocycles. The summed E-state index contributed by atoms with van der Waals surface area (Å²) < 4.78 is 5.03. The Morgan fingerprint density at radius 1 is 1.17 bits per heavy atom. The molecule has 0 amide bonds. The van der Waals surface area contributed by atoms with Gasteiger partial charge in [0.1, 0.15) is 0 Å². The van der Waals surface area contributed by atoms with Gasteiger partial charge in [-0.15, -0.1) is 0 Å². The van der Waals surface area contributed by atoms with Crippen LogP contribution in [0.2, 0.25) is 0 Å². The van der Waals surface area contributed by atoms with Crippen LogP contribution < -0.4 is 10.2 Å². The summed E-state index contributed by atoms with van der Waals surface area (Å²) in [5.41, 5.74) is 6.04. The maximum absolute atomic E-state index is 11.7. The molecule has 0 bridgehead atoms. The molecular formula is C25H34N2O2. The lowest BCUT2D eigenvalue weighted by Crippen LogP contribution is -2.41. The first-order valence-corrected chi connectivity index (χ1v) is 10.7. The Balaban J connectivity index is 1.64. The molecule has 0 fully saturated rings. The molecule has 4 heteroatoms. The van der Waals surface area contributed by atoms with Gasteiger partial charge in [0.15, 0.2) is 0 Å². The second-order valence-corrected chi connectivity index (χ2v) is 8.75. The Morgan fingerprint density at radius 2 is 1.90 bits per heavy atom. The third-order valence-electron chi connectivity index (χ3n) is 5.84. The van der Waals surface area contributed by atoms with E-state index in [1.54, 1.807) is 0 Å². The van der Waals surface area contributed by atoms with Gasteiger partial charge in [0.05, 0.1) is 12.2 Å². The van der Waals surface area contributed by atoms with Crippen LogP contribution in [-0.2, 0) is 16.6 Å². The Hall–Kier alpha value is -2.49. The highest BCUT2D eigenvalue weighted by Crippen LogP contribution is 2.40. The predicted molar refractivity (Wildman–Crippen MR) is 121 cm³/mol. The molecule has 0 radical (unpaired) electrons. The van der Waals surface area contributed by atoms with Gasteiger partial charge in [0.2, 0.25) is 0 Å². The van der Waals surface area contributed by atoms with Gasteiger partial charge in [0, 0.05) is 30.5 Å². The fourth-order valence-corrected chi connectivity index (χ4v) is 4.01. The Morgan fingerprint density at radius 3 is 2.55 bits per heavy atom. The average molecular weight is 395 g/mol. The van der Waals surface area contributed by atoms with E-state index in [9.17, 15) is 4.79 Å². The zero-order valence-electron chi connectivity index (χ0n) is 18.4. The number of rotatable bonds is 7. The first-order chi connectivity index (χ1) is 13.8. The average Bonchev–Trinajstić information content (AvgIpc) is 2.69. The topological polar surface area (TPSA) is 41.6 Å². The molecule has 0 spiro atoms. The highest BCUT2D eigenvalue weighted by molar-refractivity contribution is 5.89. The van der Waals surface area contributed by atoms with Crippen LogP contribution in [0.25, 0.3) is 0 Å². The van der Waals surface area contributed by atoms with E-state index in [1.807, 2.05) is 31.2 Å². The molecule has 4 nitrogen and oxygen atoms in total. The molecule has 1 N–H and O–H groups in total. The van der Waals surface area contributed by atoms with Gasteiger partial charge in [-0.2, -0.15) is 0 Å². The normalized spacial score (nSPS) is 15.2. The monoisotopic (exact) mass is 394 g/mol. The molecule has 1 aliphatic rings. The minimum Gasteiger partial charge on any atom is -0.462 e. The van der Waals surface area contributed by atoms with Crippen LogP contribution in [0.15, 0.2) is 42.5 Å². The quantitative estimate of drug-likeness (QED) is 0.637. The van der Waals surface area contributed by atoms with Crippen molar-refractivity contribution in [3.05, 3.63) is 59.2 Å². The van der Waals surface area contributed by atoms with Crippen molar-refractivity contribution in [1.82, 2.24) is 0 Å². The van der Waals surface area contributed by atoms with E-state index >= 15 is 0 Å². The Labute approximate surface area is 175 Å². The number of hydrogen-bond donors (Lipinski definition) is 1. The number of nitrogens with one attached hydrogen (secondary N) is 1. The molecule has 0 unspecified atom stereocenters. The molecule has 29 heavy (non-hydrogen) atoms. The highest BCUT2D eigenvalue weighted by Gasteiger charge is 2.32. The summed E-state index contributed by atoms with van der Waals surface area (Å²) >= 11 is 0. The molecule has 0 saturated carbocycles. The van der Waals surface area contributed by atoms with Gasteiger partial charge in [-0.3, -0.25) is 0 Å². The standard InChI is InChI=1S/C25H34N2O2/c1-6-29-24(28)20-8-10-21(11-9-20)26-15-13-19-7-12-23-22(17-19)25(4,5)14-16-27(23)18(2)3/h7-12,17-18,26H,6,13-16H2,1-5H3. The van der Waals surface area contributed by atoms with Crippen LogP contribution in [0.3, 0.4) is 0 Å². The summed E-state index contributed by atoms with van der Waals surface area (Å²) in [7, 11) is 0. The maximum Gasteiger partial charge on any atom is 0.338 e. The van der Waals surface area contributed by atoms with E-state index < -0.39 is 0 Å². The molecular weight excluding hydrogens is 360 g/mol. The second kappa shape index (κ2) is 8.89. The number of carbonyl (C=O) groups excluding carboxylic acids is 1. The lowest BCUT2D eigenvalue weighted by atomic mass is 9.76. The van der Waals surface area contributed by atoms with Crippen molar-refractivity contribution in [2.75, 3.05) is 29.9 Å². The minimum atomic E-state index is -0.272. The zero-order chi connectivity index (χ0) is 21.0. The summed E-state index contributed by atoms with van der Waals surface area (Å²) in [5.74, 6) is -0.272. The lowest BCUT2D eigenvalue weighted by molar-refractivity contribution is 0.0526. The Kier molecular flexibility index (Phi) is 6.51. The third kappa shape index (κ3) is 4.92. The van der Waals surface area contributed by atoms with E-state index in [0.717, 1.165) is 25.2 Å².